The second kappa shape index (κ2) is 3.82. The summed E-state index contributed by atoms with van der Waals surface area (Å²) in [6.45, 7) is 9.65. The molecule has 2 saturated carbocycles. The van der Waals surface area contributed by atoms with Gasteiger partial charge in [0.05, 0.1) is 11.7 Å². The van der Waals surface area contributed by atoms with Crippen LogP contribution in [0.3, 0.4) is 0 Å². The molecule has 0 radical (unpaired) electrons. The molecule has 2 aliphatic carbocycles. The monoisotopic (exact) mass is 286 g/mol. The number of hydrogen-bond acceptors (Lipinski definition) is 6. The molecule has 0 amide bonds. The van der Waals surface area contributed by atoms with Crippen LogP contribution in [0.4, 0.5) is 0 Å². The summed E-state index contributed by atoms with van der Waals surface area (Å²) in [4.78, 5) is 11.7. The van der Waals surface area contributed by atoms with Crippen LogP contribution in [0.2, 0.25) is 0 Å². The van der Waals surface area contributed by atoms with Gasteiger partial charge in [-0.2, -0.15) is 0 Å². The Kier molecular flexibility index (Phi) is 2.95. The fourth-order valence-electron chi connectivity index (χ4n) is 3.23. The molecule has 6 nitrogen and oxygen atoms in total. The molecule has 1 unspecified atom stereocenters. The number of aliphatic hydroxyl groups is 4. The van der Waals surface area contributed by atoms with Crippen molar-refractivity contribution < 1.29 is 30.0 Å². The third kappa shape index (κ3) is 1.40. The fourth-order valence-corrected chi connectivity index (χ4v) is 3.23. The molecule has 0 aromatic heterocycles. The highest BCUT2D eigenvalue weighted by Gasteiger charge is 2.83. The molecule has 2 fully saturated rings. The van der Waals surface area contributed by atoms with E-state index in [1.807, 2.05) is 0 Å². The van der Waals surface area contributed by atoms with Crippen LogP contribution in [-0.2, 0) is 9.53 Å². The van der Waals surface area contributed by atoms with Crippen molar-refractivity contribution in [3.63, 3.8) is 0 Å². The lowest BCUT2D eigenvalue weighted by Crippen LogP contribution is -2.52. The van der Waals surface area contributed by atoms with Crippen molar-refractivity contribution in [2.24, 2.45) is 10.8 Å². The van der Waals surface area contributed by atoms with E-state index < -0.39 is 46.1 Å². The largest absolute Gasteiger partial charge is 0.495 e. The minimum absolute atomic E-state index is 0.556. The van der Waals surface area contributed by atoms with Crippen LogP contribution < -0.4 is 0 Å². The zero-order valence-electron chi connectivity index (χ0n) is 12.1. The third-order valence-electron chi connectivity index (χ3n) is 5.22. The summed E-state index contributed by atoms with van der Waals surface area (Å²) in [6.07, 6.45) is -3.12. The standard InChI is InChI=1S/C14H22O6/c1-6-20-10-12(4,5)14(10,19)8(16)7(15)13(18)9(17)11(13,2)3/h6-8,10,15-16,18-19H,1H2,2-5H3/t7-,8+,10?,13+,14-/m0/s1. The first-order chi connectivity index (χ1) is 8.91. The molecule has 6 heteroatoms. The molecule has 20 heavy (non-hydrogen) atoms. The van der Waals surface area contributed by atoms with Crippen LogP contribution >= 0.6 is 0 Å². The van der Waals surface area contributed by atoms with E-state index in [0.29, 0.717) is 0 Å². The van der Waals surface area contributed by atoms with Gasteiger partial charge in [-0.1, -0.05) is 20.4 Å². The van der Waals surface area contributed by atoms with E-state index in [9.17, 15) is 25.2 Å². The zero-order valence-corrected chi connectivity index (χ0v) is 12.1. The van der Waals surface area contributed by atoms with Gasteiger partial charge in [0.25, 0.3) is 0 Å². The molecular formula is C14H22O6. The minimum atomic E-state index is -2.04. The normalized spacial score (nSPS) is 43.6. The summed E-state index contributed by atoms with van der Waals surface area (Å²) in [5.41, 5.74) is -5.77. The van der Waals surface area contributed by atoms with Crippen LogP contribution in [0, 0.1) is 10.8 Å². The molecule has 5 atom stereocenters. The van der Waals surface area contributed by atoms with Gasteiger partial charge in [-0.25, -0.2) is 0 Å². The molecule has 0 aromatic rings. The Morgan fingerprint density at radius 3 is 2.00 bits per heavy atom. The Balaban J connectivity index is 2.24. The molecule has 0 aliphatic heterocycles. The Bertz CT molecular complexity index is 470. The average Bonchev–Trinajstić information content (AvgIpc) is 2.98. The lowest BCUT2D eigenvalue weighted by molar-refractivity contribution is -0.153. The van der Waals surface area contributed by atoms with Crippen LogP contribution in [0.15, 0.2) is 12.8 Å². The van der Waals surface area contributed by atoms with Crippen LogP contribution in [0.5, 0.6) is 0 Å². The van der Waals surface area contributed by atoms with E-state index in [1.165, 1.54) is 13.8 Å². The van der Waals surface area contributed by atoms with Gasteiger partial charge >= 0.3 is 0 Å². The third-order valence-corrected chi connectivity index (χ3v) is 5.22. The Morgan fingerprint density at radius 1 is 1.20 bits per heavy atom. The van der Waals surface area contributed by atoms with Gasteiger partial charge in [0.2, 0.25) is 0 Å². The van der Waals surface area contributed by atoms with Gasteiger partial charge < -0.3 is 25.2 Å². The van der Waals surface area contributed by atoms with Crippen molar-refractivity contribution in [1.29, 1.82) is 0 Å². The number of ketones is 1. The van der Waals surface area contributed by atoms with E-state index in [2.05, 4.69) is 6.58 Å². The molecule has 0 spiro atoms. The maximum Gasteiger partial charge on any atom is 0.177 e. The molecule has 2 aliphatic rings. The fraction of sp³-hybridized carbons (Fsp3) is 0.786. The smallest absolute Gasteiger partial charge is 0.177 e. The predicted molar refractivity (Wildman–Crippen MR) is 69.6 cm³/mol. The molecular weight excluding hydrogens is 264 g/mol. The highest BCUT2D eigenvalue weighted by molar-refractivity contribution is 6.11. The van der Waals surface area contributed by atoms with E-state index >= 15 is 0 Å². The van der Waals surface area contributed by atoms with Gasteiger partial charge in [0, 0.05) is 5.41 Å². The number of aliphatic hydroxyl groups excluding tert-OH is 2. The van der Waals surface area contributed by atoms with Gasteiger partial charge in [-0.15, -0.1) is 0 Å². The quantitative estimate of drug-likeness (QED) is 0.500. The molecule has 2 rings (SSSR count). The maximum absolute atomic E-state index is 11.7. The number of carbonyl (C=O) groups excluding carboxylic acids is 1. The van der Waals surface area contributed by atoms with Crippen molar-refractivity contribution in [3.05, 3.63) is 12.8 Å². The molecule has 0 heterocycles. The summed E-state index contributed by atoms with van der Waals surface area (Å²) in [5, 5.41) is 41.1. The van der Waals surface area contributed by atoms with Gasteiger partial charge in [0.15, 0.2) is 11.4 Å². The lowest BCUT2D eigenvalue weighted by Gasteiger charge is -2.28. The number of rotatable bonds is 5. The number of carbonyl (C=O) groups is 1. The zero-order chi connectivity index (χ0) is 15.7. The van der Waals surface area contributed by atoms with Crippen molar-refractivity contribution in [3.8, 4) is 0 Å². The first-order valence-corrected chi connectivity index (χ1v) is 6.54. The average molecular weight is 286 g/mol. The van der Waals surface area contributed by atoms with Gasteiger partial charge in [-0.3, -0.25) is 4.79 Å². The highest BCUT2D eigenvalue weighted by atomic mass is 16.5. The second-order valence-electron chi connectivity index (χ2n) is 6.84. The van der Waals surface area contributed by atoms with Crippen LogP contribution in [0.25, 0.3) is 0 Å². The Hall–Kier alpha value is -0.950. The second-order valence-corrected chi connectivity index (χ2v) is 6.84. The van der Waals surface area contributed by atoms with Crippen molar-refractivity contribution >= 4 is 5.78 Å². The van der Waals surface area contributed by atoms with Gasteiger partial charge in [-0.05, 0) is 13.8 Å². The van der Waals surface area contributed by atoms with E-state index in [0.717, 1.165) is 6.26 Å². The van der Waals surface area contributed by atoms with E-state index in [1.54, 1.807) is 13.8 Å². The minimum Gasteiger partial charge on any atom is -0.495 e. The SMILES string of the molecule is C=COC1C(C)(C)[C@]1(O)[C@H](O)[C@H](O)[C@@]1(O)C(=O)C1(C)C. The van der Waals surface area contributed by atoms with E-state index in [4.69, 9.17) is 4.74 Å². The van der Waals surface area contributed by atoms with Crippen LogP contribution in [0.1, 0.15) is 27.7 Å². The molecule has 0 bridgehead atoms. The maximum atomic E-state index is 11.7. The topological polar surface area (TPSA) is 107 Å². The number of Topliss-reactive ketones (excluding diaryl/α,β-unsaturated/α-hetero) is 1. The summed E-state index contributed by atoms with van der Waals surface area (Å²) >= 11 is 0. The van der Waals surface area contributed by atoms with Crippen molar-refractivity contribution in [2.45, 2.75) is 57.2 Å². The van der Waals surface area contributed by atoms with Crippen molar-refractivity contribution in [1.82, 2.24) is 0 Å². The summed E-state index contributed by atoms with van der Waals surface area (Å²) in [5.74, 6) is -0.556. The highest BCUT2D eigenvalue weighted by Crippen LogP contribution is 2.63. The van der Waals surface area contributed by atoms with E-state index in [-0.39, 0.29) is 0 Å². The molecule has 4 N–H and O–H groups in total. The number of ether oxygens (including phenoxy) is 1. The first kappa shape index (κ1) is 15.4. The summed E-state index contributed by atoms with van der Waals surface area (Å²) in [7, 11) is 0. The predicted octanol–water partition coefficient (Wildman–Crippen LogP) is -0.652. The summed E-state index contributed by atoms with van der Waals surface area (Å²) in [6, 6.07) is 0. The Morgan fingerprint density at radius 2 is 1.65 bits per heavy atom. The molecule has 0 aromatic carbocycles. The van der Waals surface area contributed by atoms with Crippen molar-refractivity contribution in [2.75, 3.05) is 0 Å². The summed E-state index contributed by atoms with van der Waals surface area (Å²) < 4.78 is 5.14. The lowest BCUT2D eigenvalue weighted by atomic mass is 9.91. The van der Waals surface area contributed by atoms with Crippen LogP contribution in [-0.4, -0.2) is 55.7 Å². The van der Waals surface area contributed by atoms with Gasteiger partial charge in [0.1, 0.15) is 23.9 Å². The molecule has 114 valence electrons. The number of hydrogen-bond donors (Lipinski definition) is 4. The Labute approximate surface area is 117 Å². The first-order valence-electron chi connectivity index (χ1n) is 6.54. The molecule has 0 saturated heterocycles.